The maximum absolute atomic E-state index is 12.4. The van der Waals surface area contributed by atoms with Crippen molar-refractivity contribution in [1.82, 2.24) is 0 Å². The molecule has 0 radical (unpaired) electrons. The van der Waals surface area contributed by atoms with Gasteiger partial charge >= 0.3 is 0 Å². The number of halogens is 1. The lowest BCUT2D eigenvalue weighted by atomic mass is 10.1. The summed E-state index contributed by atoms with van der Waals surface area (Å²) in [4.78, 5) is 25.9. The van der Waals surface area contributed by atoms with Crippen LogP contribution in [0.1, 0.15) is 6.92 Å². The molecule has 0 aromatic heterocycles. The van der Waals surface area contributed by atoms with Crippen molar-refractivity contribution in [3.8, 4) is 5.75 Å². The molecule has 1 unspecified atom stereocenters. The van der Waals surface area contributed by atoms with Crippen molar-refractivity contribution in [2.75, 3.05) is 16.8 Å². The summed E-state index contributed by atoms with van der Waals surface area (Å²) in [6.45, 7) is 1.67. The number of carbonyl (C=O) groups excluding carboxylic acids is 2. The van der Waals surface area contributed by atoms with E-state index in [4.69, 9.17) is 4.74 Å². The van der Waals surface area contributed by atoms with Gasteiger partial charge < -0.3 is 15.0 Å². The molecule has 1 heterocycles. The lowest BCUT2D eigenvalue weighted by Gasteiger charge is -2.33. The summed E-state index contributed by atoms with van der Waals surface area (Å²) in [7, 11) is 0. The number of nitrogens with zero attached hydrogens (tertiary/aromatic N) is 1. The molecule has 2 aromatic carbocycles. The number of rotatable bonds is 2. The molecule has 1 N–H and O–H groups in total. The molecule has 6 heteroatoms. The lowest BCUT2D eigenvalue weighted by Crippen LogP contribution is -2.48. The SMILES string of the molecule is CC(=O)N1CC(C(=O)Nc2ccc(Br)cc2)Oc2ccccc21. The Balaban J connectivity index is 1.79. The Morgan fingerprint density at radius 2 is 1.87 bits per heavy atom. The zero-order valence-electron chi connectivity index (χ0n) is 12.5. The Kier molecular flexibility index (Phi) is 4.34. The van der Waals surface area contributed by atoms with Gasteiger partial charge in [-0.15, -0.1) is 0 Å². The van der Waals surface area contributed by atoms with Gasteiger partial charge in [-0.3, -0.25) is 9.59 Å². The average Bonchev–Trinajstić information content (AvgIpc) is 2.55. The minimum Gasteiger partial charge on any atom is -0.476 e. The van der Waals surface area contributed by atoms with Crippen molar-refractivity contribution >= 4 is 39.1 Å². The smallest absolute Gasteiger partial charge is 0.267 e. The number of anilines is 2. The highest BCUT2D eigenvalue weighted by Crippen LogP contribution is 2.33. The highest BCUT2D eigenvalue weighted by Gasteiger charge is 2.32. The van der Waals surface area contributed by atoms with Crippen molar-refractivity contribution in [3.63, 3.8) is 0 Å². The first-order valence-corrected chi connectivity index (χ1v) is 7.94. The number of hydrogen-bond donors (Lipinski definition) is 1. The van der Waals surface area contributed by atoms with E-state index < -0.39 is 6.10 Å². The number of nitrogens with one attached hydrogen (secondary N) is 1. The van der Waals surface area contributed by atoms with Crippen LogP contribution in [0.2, 0.25) is 0 Å². The number of fused-ring (bicyclic) bond motifs is 1. The van der Waals surface area contributed by atoms with Crippen LogP contribution in [0.5, 0.6) is 5.75 Å². The molecule has 23 heavy (non-hydrogen) atoms. The monoisotopic (exact) mass is 374 g/mol. The third-order valence-electron chi connectivity index (χ3n) is 3.56. The first kappa shape index (κ1) is 15.6. The van der Waals surface area contributed by atoms with Gasteiger partial charge in [-0.05, 0) is 36.4 Å². The molecule has 0 spiro atoms. The maximum Gasteiger partial charge on any atom is 0.267 e. The van der Waals surface area contributed by atoms with Crippen molar-refractivity contribution in [3.05, 3.63) is 53.0 Å². The molecular weight excluding hydrogens is 360 g/mol. The van der Waals surface area contributed by atoms with E-state index in [1.807, 2.05) is 24.3 Å². The average molecular weight is 375 g/mol. The minimum atomic E-state index is -0.752. The van der Waals surface area contributed by atoms with Crippen LogP contribution < -0.4 is 15.0 Å². The number of ether oxygens (including phenoxy) is 1. The third-order valence-corrected chi connectivity index (χ3v) is 4.09. The maximum atomic E-state index is 12.4. The van der Waals surface area contributed by atoms with Crippen LogP contribution in [-0.2, 0) is 9.59 Å². The van der Waals surface area contributed by atoms with Gasteiger partial charge in [0.2, 0.25) is 5.91 Å². The van der Waals surface area contributed by atoms with Crippen molar-refractivity contribution in [1.29, 1.82) is 0 Å². The quantitative estimate of drug-likeness (QED) is 0.877. The van der Waals surface area contributed by atoms with E-state index in [1.165, 1.54) is 6.92 Å². The highest BCUT2D eigenvalue weighted by molar-refractivity contribution is 9.10. The zero-order chi connectivity index (χ0) is 16.4. The van der Waals surface area contributed by atoms with E-state index in [9.17, 15) is 9.59 Å². The molecule has 3 rings (SSSR count). The van der Waals surface area contributed by atoms with Gasteiger partial charge in [-0.25, -0.2) is 0 Å². The largest absolute Gasteiger partial charge is 0.476 e. The number of para-hydroxylation sites is 2. The van der Waals surface area contributed by atoms with Crippen LogP contribution in [0.3, 0.4) is 0 Å². The molecule has 2 amide bonds. The summed E-state index contributed by atoms with van der Waals surface area (Å²) in [5.74, 6) is 0.125. The molecule has 0 saturated carbocycles. The molecule has 1 aliphatic rings. The summed E-state index contributed by atoms with van der Waals surface area (Å²) in [6.07, 6.45) is -0.752. The first-order chi connectivity index (χ1) is 11.0. The van der Waals surface area contributed by atoms with Crippen LogP contribution in [-0.4, -0.2) is 24.5 Å². The van der Waals surface area contributed by atoms with Crippen molar-refractivity contribution in [2.24, 2.45) is 0 Å². The number of benzene rings is 2. The normalized spacial score (nSPS) is 16.3. The topological polar surface area (TPSA) is 58.6 Å². The molecule has 2 aromatic rings. The van der Waals surface area contributed by atoms with E-state index >= 15 is 0 Å². The van der Waals surface area contributed by atoms with E-state index in [2.05, 4.69) is 21.2 Å². The van der Waals surface area contributed by atoms with Gasteiger partial charge in [0.1, 0.15) is 5.75 Å². The number of hydrogen-bond acceptors (Lipinski definition) is 3. The Morgan fingerprint density at radius 3 is 2.57 bits per heavy atom. The molecular formula is C17H15BrN2O3. The van der Waals surface area contributed by atoms with Gasteiger partial charge in [0.15, 0.2) is 6.10 Å². The summed E-state index contributed by atoms with van der Waals surface area (Å²) in [5, 5.41) is 2.81. The van der Waals surface area contributed by atoms with Crippen LogP contribution in [0, 0.1) is 0 Å². The van der Waals surface area contributed by atoms with Gasteiger partial charge in [0, 0.05) is 17.1 Å². The Morgan fingerprint density at radius 1 is 1.17 bits per heavy atom. The van der Waals surface area contributed by atoms with Crippen LogP contribution in [0.15, 0.2) is 53.0 Å². The molecule has 118 valence electrons. The molecule has 0 aliphatic carbocycles. The molecule has 1 atom stereocenters. The molecule has 5 nitrogen and oxygen atoms in total. The number of carbonyl (C=O) groups is 2. The molecule has 0 bridgehead atoms. The predicted molar refractivity (Wildman–Crippen MR) is 91.7 cm³/mol. The summed E-state index contributed by atoms with van der Waals surface area (Å²) in [6, 6.07) is 14.5. The molecule has 1 aliphatic heterocycles. The Labute approximate surface area is 142 Å². The van der Waals surface area contributed by atoms with E-state index in [0.717, 1.165) is 4.47 Å². The van der Waals surface area contributed by atoms with Crippen LogP contribution in [0.25, 0.3) is 0 Å². The van der Waals surface area contributed by atoms with Gasteiger partial charge in [-0.1, -0.05) is 28.1 Å². The summed E-state index contributed by atoms with van der Waals surface area (Å²) in [5.41, 5.74) is 1.36. The zero-order valence-corrected chi connectivity index (χ0v) is 14.0. The van der Waals surface area contributed by atoms with Gasteiger partial charge in [-0.2, -0.15) is 0 Å². The second kappa shape index (κ2) is 6.42. The fourth-order valence-electron chi connectivity index (χ4n) is 2.43. The second-order valence-electron chi connectivity index (χ2n) is 5.20. The van der Waals surface area contributed by atoms with E-state index in [1.54, 1.807) is 29.2 Å². The standard InChI is InChI=1S/C17H15BrN2O3/c1-11(21)20-10-16(23-15-5-3-2-4-14(15)20)17(22)19-13-8-6-12(18)7-9-13/h2-9,16H,10H2,1H3,(H,19,22). The van der Waals surface area contributed by atoms with Crippen molar-refractivity contribution < 1.29 is 14.3 Å². The summed E-state index contributed by atoms with van der Waals surface area (Å²) >= 11 is 3.35. The van der Waals surface area contributed by atoms with Crippen LogP contribution >= 0.6 is 15.9 Å². The van der Waals surface area contributed by atoms with Gasteiger partial charge in [0.25, 0.3) is 5.91 Å². The Hall–Kier alpha value is -2.34. The highest BCUT2D eigenvalue weighted by atomic mass is 79.9. The predicted octanol–water partition coefficient (Wildman–Crippen LogP) is 3.20. The minimum absolute atomic E-state index is 0.123. The van der Waals surface area contributed by atoms with E-state index in [-0.39, 0.29) is 18.4 Å². The second-order valence-corrected chi connectivity index (χ2v) is 6.12. The van der Waals surface area contributed by atoms with Crippen molar-refractivity contribution in [2.45, 2.75) is 13.0 Å². The third kappa shape index (κ3) is 3.37. The van der Waals surface area contributed by atoms with Crippen LogP contribution in [0.4, 0.5) is 11.4 Å². The van der Waals surface area contributed by atoms with E-state index in [0.29, 0.717) is 17.1 Å². The fraction of sp³-hybridized carbons (Fsp3) is 0.176. The fourth-order valence-corrected chi connectivity index (χ4v) is 2.69. The van der Waals surface area contributed by atoms with Gasteiger partial charge in [0.05, 0.1) is 12.2 Å². The summed E-state index contributed by atoms with van der Waals surface area (Å²) < 4.78 is 6.69. The molecule has 0 fully saturated rings. The number of amides is 2. The first-order valence-electron chi connectivity index (χ1n) is 7.15. The molecule has 0 saturated heterocycles. The Bertz CT molecular complexity index is 746. The lowest BCUT2D eigenvalue weighted by molar-refractivity contribution is -0.123.